The van der Waals surface area contributed by atoms with E-state index in [1.54, 1.807) is 6.33 Å². The van der Waals surface area contributed by atoms with E-state index in [-0.39, 0.29) is 10.4 Å². The largest absolute Gasteiger partial charge is 0.318 e. The molecule has 2 aromatic rings. The fraction of sp³-hybridized carbons (Fsp3) is 0.375. The minimum Gasteiger partial charge on any atom is -0.318 e. The summed E-state index contributed by atoms with van der Waals surface area (Å²) >= 11 is 11.6. The first-order valence-corrected chi connectivity index (χ1v) is 5.16. The maximum atomic E-state index is 5.88. The molecule has 80 valence electrons. The van der Waals surface area contributed by atoms with E-state index in [4.69, 9.17) is 23.2 Å². The van der Waals surface area contributed by atoms with Crippen LogP contribution in [0.2, 0.25) is 10.4 Å². The molecule has 0 saturated heterocycles. The summed E-state index contributed by atoms with van der Waals surface area (Å²) in [4.78, 5) is 12.0. The van der Waals surface area contributed by atoms with Gasteiger partial charge < -0.3 is 9.88 Å². The molecule has 1 N–H and O–H groups in total. The molecule has 15 heavy (non-hydrogen) atoms. The lowest BCUT2D eigenvalue weighted by atomic mass is 10.5. The highest BCUT2D eigenvalue weighted by molar-refractivity contribution is 6.35. The standard InChI is InChI=1S/C8H9Cl2N5/c1-11-2-3-15-4-12-5-6(9)13-8(10)14-7(5)15/h4,11H,2-3H2,1H3. The van der Waals surface area contributed by atoms with Crippen molar-refractivity contribution in [3.8, 4) is 0 Å². The lowest BCUT2D eigenvalue weighted by Gasteiger charge is -2.02. The van der Waals surface area contributed by atoms with Crippen LogP contribution < -0.4 is 5.32 Å². The Morgan fingerprint density at radius 2 is 2.20 bits per heavy atom. The van der Waals surface area contributed by atoms with Crippen molar-refractivity contribution in [2.75, 3.05) is 13.6 Å². The van der Waals surface area contributed by atoms with Crippen LogP contribution in [0, 0.1) is 0 Å². The molecule has 0 fully saturated rings. The van der Waals surface area contributed by atoms with Gasteiger partial charge in [0.1, 0.15) is 5.52 Å². The van der Waals surface area contributed by atoms with Gasteiger partial charge in [0.15, 0.2) is 10.8 Å². The number of halogens is 2. The van der Waals surface area contributed by atoms with Crippen molar-refractivity contribution in [3.05, 3.63) is 16.8 Å². The molecule has 0 amide bonds. The molecule has 0 aliphatic rings. The van der Waals surface area contributed by atoms with Gasteiger partial charge in [0.25, 0.3) is 0 Å². The predicted octanol–water partition coefficient (Wildman–Crippen LogP) is 1.35. The number of nitrogens with one attached hydrogen (secondary N) is 1. The van der Waals surface area contributed by atoms with Gasteiger partial charge in [-0.25, -0.2) is 9.97 Å². The second-order valence-electron chi connectivity index (χ2n) is 3.00. The molecule has 2 rings (SSSR count). The van der Waals surface area contributed by atoms with E-state index < -0.39 is 0 Å². The van der Waals surface area contributed by atoms with Gasteiger partial charge in [-0.3, -0.25) is 0 Å². The van der Waals surface area contributed by atoms with Crippen LogP contribution in [0.4, 0.5) is 0 Å². The molecule has 2 heterocycles. The third kappa shape index (κ3) is 2.04. The molecule has 0 atom stereocenters. The van der Waals surface area contributed by atoms with E-state index in [1.807, 2.05) is 11.6 Å². The van der Waals surface area contributed by atoms with Gasteiger partial charge in [0.2, 0.25) is 5.28 Å². The van der Waals surface area contributed by atoms with Gasteiger partial charge in [0.05, 0.1) is 6.33 Å². The second-order valence-corrected chi connectivity index (χ2v) is 3.69. The number of hydrogen-bond acceptors (Lipinski definition) is 4. The Balaban J connectivity index is 2.49. The molecule has 0 saturated carbocycles. The van der Waals surface area contributed by atoms with Gasteiger partial charge in [0, 0.05) is 13.1 Å². The van der Waals surface area contributed by atoms with Crippen molar-refractivity contribution < 1.29 is 0 Å². The second kappa shape index (κ2) is 4.30. The summed E-state index contributed by atoms with van der Waals surface area (Å²) in [5, 5.41) is 3.46. The fourth-order valence-corrected chi connectivity index (χ4v) is 1.70. The third-order valence-electron chi connectivity index (χ3n) is 2.00. The van der Waals surface area contributed by atoms with Crippen LogP contribution in [0.3, 0.4) is 0 Å². The van der Waals surface area contributed by atoms with E-state index in [9.17, 15) is 0 Å². The zero-order valence-corrected chi connectivity index (χ0v) is 9.55. The van der Waals surface area contributed by atoms with E-state index in [2.05, 4.69) is 20.3 Å². The Morgan fingerprint density at radius 3 is 2.93 bits per heavy atom. The normalized spacial score (nSPS) is 11.1. The van der Waals surface area contributed by atoms with Crippen molar-refractivity contribution in [1.29, 1.82) is 0 Å². The highest BCUT2D eigenvalue weighted by Gasteiger charge is 2.10. The van der Waals surface area contributed by atoms with Gasteiger partial charge in [-0.2, -0.15) is 4.98 Å². The quantitative estimate of drug-likeness (QED) is 0.656. The molecular weight excluding hydrogens is 237 g/mol. The summed E-state index contributed by atoms with van der Waals surface area (Å²) in [6.07, 6.45) is 1.68. The van der Waals surface area contributed by atoms with E-state index in [1.165, 1.54) is 0 Å². The lowest BCUT2D eigenvalue weighted by molar-refractivity contribution is 0.654. The average molecular weight is 246 g/mol. The topological polar surface area (TPSA) is 55.6 Å². The molecule has 2 aromatic heterocycles. The number of nitrogens with zero attached hydrogens (tertiary/aromatic N) is 4. The van der Waals surface area contributed by atoms with Crippen LogP contribution in [0.25, 0.3) is 11.2 Å². The maximum absolute atomic E-state index is 5.88. The first-order chi connectivity index (χ1) is 7.22. The van der Waals surface area contributed by atoms with Gasteiger partial charge in [-0.15, -0.1) is 0 Å². The zero-order valence-electron chi connectivity index (χ0n) is 8.04. The van der Waals surface area contributed by atoms with Gasteiger partial charge in [-0.1, -0.05) is 11.6 Å². The number of imidazole rings is 1. The highest BCUT2D eigenvalue weighted by Crippen LogP contribution is 2.20. The predicted molar refractivity (Wildman–Crippen MR) is 59.3 cm³/mol. The molecule has 5 nitrogen and oxygen atoms in total. The minimum absolute atomic E-state index is 0.138. The van der Waals surface area contributed by atoms with Crippen LogP contribution in [0.5, 0.6) is 0 Å². The molecule has 0 unspecified atom stereocenters. The molecule has 0 aliphatic carbocycles. The zero-order chi connectivity index (χ0) is 10.8. The Labute approximate surface area is 96.4 Å². The maximum Gasteiger partial charge on any atom is 0.225 e. The molecule has 0 bridgehead atoms. The summed E-state index contributed by atoms with van der Waals surface area (Å²) in [5.74, 6) is 0. The smallest absolute Gasteiger partial charge is 0.225 e. The van der Waals surface area contributed by atoms with E-state index in [0.29, 0.717) is 11.2 Å². The number of aromatic nitrogens is 4. The molecule has 0 spiro atoms. The summed E-state index contributed by atoms with van der Waals surface area (Å²) in [6.45, 7) is 1.58. The van der Waals surface area contributed by atoms with Crippen LogP contribution in [0.1, 0.15) is 0 Å². The Morgan fingerprint density at radius 1 is 1.40 bits per heavy atom. The molecule has 0 aliphatic heterocycles. The molecule has 0 aromatic carbocycles. The number of fused-ring (bicyclic) bond motifs is 1. The first-order valence-electron chi connectivity index (χ1n) is 4.41. The number of rotatable bonds is 3. The van der Waals surface area contributed by atoms with Crippen molar-refractivity contribution in [2.45, 2.75) is 6.54 Å². The Kier molecular flexibility index (Phi) is 3.04. The molecule has 7 heteroatoms. The van der Waals surface area contributed by atoms with Gasteiger partial charge >= 0.3 is 0 Å². The number of likely N-dealkylation sites (N-methyl/N-ethyl adjacent to an activating group) is 1. The van der Waals surface area contributed by atoms with Crippen LogP contribution in [0.15, 0.2) is 6.33 Å². The molecular formula is C8H9Cl2N5. The summed E-state index contributed by atoms with van der Waals surface area (Å²) in [5.41, 5.74) is 1.24. The van der Waals surface area contributed by atoms with Gasteiger partial charge in [-0.05, 0) is 18.6 Å². The van der Waals surface area contributed by atoms with E-state index in [0.717, 1.165) is 13.1 Å². The molecule has 0 radical (unpaired) electrons. The van der Waals surface area contributed by atoms with Crippen LogP contribution in [-0.2, 0) is 6.54 Å². The minimum atomic E-state index is 0.138. The summed E-state index contributed by atoms with van der Waals surface area (Å²) < 4.78 is 1.88. The third-order valence-corrected chi connectivity index (χ3v) is 2.43. The van der Waals surface area contributed by atoms with Crippen LogP contribution in [-0.4, -0.2) is 33.1 Å². The average Bonchev–Trinajstić information content (AvgIpc) is 2.58. The van der Waals surface area contributed by atoms with Crippen molar-refractivity contribution in [2.24, 2.45) is 0 Å². The first kappa shape index (κ1) is 10.6. The van der Waals surface area contributed by atoms with Crippen LogP contribution >= 0.6 is 23.2 Å². The SMILES string of the molecule is CNCCn1cnc2c(Cl)nc(Cl)nc21. The summed E-state index contributed by atoms with van der Waals surface area (Å²) in [6, 6.07) is 0. The fourth-order valence-electron chi connectivity index (χ4n) is 1.28. The van der Waals surface area contributed by atoms with Crippen molar-refractivity contribution in [3.63, 3.8) is 0 Å². The Hall–Kier alpha value is -0.910. The van der Waals surface area contributed by atoms with E-state index >= 15 is 0 Å². The number of hydrogen-bond donors (Lipinski definition) is 1. The summed E-state index contributed by atoms with van der Waals surface area (Å²) in [7, 11) is 1.88. The highest BCUT2D eigenvalue weighted by atomic mass is 35.5. The van der Waals surface area contributed by atoms with Crippen molar-refractivity contribution >= 4 is 34.4 Å². The van der Waals surface area contributed by atoms with Crippen molar-refractivity contribution in [1.82, 2.24) is 24.8 Å². The lowest BCUT2D eigenvalue weighted by Crippen LogP contribution is -2.14. The monoisotopic (exact) mass is 245 g/mol. The Bertz CT molecular complexity index is 481.